The number of fused-ring (bicyclic) bond motifs is 1. The average molecular weight is 901 g/mol. The quantitative estimate of drug-likeness (QED) is 0.110. The second-order valence-corrected chi connectivity index (χ2v) is 23.0. The van der Waals surface area contributed by atoms with E-state index in [2.05, 4.69) is 51.7 Å². The van der Waals surface area contributed by atoms with Crippen LogP contribution in [0.1, 0.15) is 39.2 Å². The number of alkyl carbamates (subject to hydrolysis) is 1. The summed E-state index contributed by atoms with van der Waals surface area (Å²) in [6.45, 7) is 6.07. The molecule has 1 saturated heterocycles. The molecule has 1 atom stereocenters. The molecule has 4 aromatic rings. The van der Waals surface area contributed by atoms with E-state index in [1.807, 2.05) is 10.8 Å². The van der Waals surface area contributed by atoms with Gasteiger partial charge in [-0.25, -0.2) is 37.0 Å². The summed E-state index contributed by atoms with van der Waals surface area (Å²) in [5, 5.41) is 2.45. The maximum Gasteiger partial charge on any atom is 0.408 e. The SMILES string of the molecule is CC(C)(C)OC(=O)N[C@@H](Cc1cc(F)c(Oc2ccnc3c2c(I)cn3COCCS(C)(C)C)c(F)c1)C(=O)N1CCC(S(=O)(=O)c2ccccc2)CC1. The minimum absolute atomic E-state index is 0.0863. The number of piperidine rings is 1. The molecule has 3 heterocycles. The van der Waals surface area contributed by atoms with Gasteiger partial charge in [-0.05, 0) is 111 Å². The van der Waals surface area contributed by atoms with Crippen molar-refractivity contribution >= 4 is 65.5 Å². The van der Waals surface area contributed by atoms with Crippen LogP contribution in [0.15, 0.2) is 65.8 Å². The molecule has 1 aliphatic heterocycles. The van der Waals surface area contributed by atoms with E-state index in [1.54, 1.807) is 51.1 Å². The van der Waals surface area contributed by atoms with Crippen molar-refractivity contribution in [3.63, 3.8) is 0 Å². The van der Waals surface area contributed by atoms with Gasteiger partial charge >= 0.3 is 6.09 Å². The number of sulfone groups is 1. The molecule has 5 rings (SSSR count). The third-order valence-electron chi connectivity index (χ3n) is 8.71. The van der Waals surface area contributed by atoms with Crippen LogP contribution in [0.4, 0.5) is 13.6 Å². The largest absolute Gasteiger partial charge is 0.450 e. The summed E-state index contributed by atoms with van der Waals surface area (Å²) in [5.74, 6) is -2.03. The van der Waals surface area contributed by atoms with Crippen molar-refractivity contribution in [2.24, 2.45) is 0 Å². The normalized spacial score (nSPS) is 15.2. The first-order valence-electron chi connectivity index (χ1n) is 17.4. The Balaban J connectivity index is 1.33. The number of likely N-dealkylation sites (tertiary alicyclic amines) is 1. The number of rotatable bonds is 13. The lowest BCUT2D eigenvalue weighted by atomic mass is 10.0. The average Bonchev–Trinajstić information content (AvgIpc) is 3.42. The molecule has 0 spiro atoms. The first kappa shape index (κ1) is 41.7. The van der Waals surface area contributed by atoms with Crippen molar-refractivity contribution in [1.82, 2.24) is 19.8 Å². The number of pyridine rings is 1. The molecule has 54 heavy (non-hydrogen) atoms. The number of hydrogen-bond donors (Lipinski definition) is 1. The van der Waals surface area contributed by atoms with Crippen molar-refractivity contribution in [2.45, 2.75) is 68.6 Å². The first-order chi connectivity index (χ1) is 25.3. The molecular formula is C38H47F2IN4O7S2. The van der Waals surface area contributed by atoms with E-state index >= 15 is 8.78 Å². The summed E-state index contributed by atoms with van der Waals surface area (Å²) in [6.07, 6.45) is 9.20. The van der Waals surface area contributed by atoms with Gasteiger partial charge in [-0.1, -0.05) is 18.2 Å². The molecule has 0 saturated carbocycles. The van der Waals surface area contributed by atoms with Crippen LogP contribution in [0.25, 0.3) is 11.0 Å². The zero-order valence-corrected chi connectivity index (χ0v) is 35.0. The molecule has 11 nitrogen and oxygen atoms in total. The fraction of sp³-hybridized carbons (Fsp3) is 0.447. The molecule has 294 valence electrons. The molecule has 0 aliphatic carbocycles. The summed E-state index contributed by atoms with van der Waals surface area (Å²) in [5.41, 5.74) is -0.257. The Bertz CT molecular complexity index is 2060. The van der Waals surface area contributed by atoms with Crippen LogP contribution < -0.4 is 10.1 Å². The number of benzene rings is 2. The van der Waals surface area contributed by atoms with Crippen LogP contribution in [0.5, 0.6) is 11.5 Å². The highest BCUT2D eigenvalue weighted by atomic mass is 127. The smallest absolute Gasteiger partial charge is 0.408 e. The second kappa shape index (κ2) is 17.1. The lowest BCUT2D eigenvalue weighted by Gasteiger charge is -2.34. The van der Waals surface area contributed by atoms with E-state index in [-0.39, 0.29) is 55.3 Å². The van der Waals surface area contributed by atoms with Crippen molar-refractivity contribution in [3.8, 4) is 11.5 Å². The Kier molecular flexibility index (Phi) is 13.2. The van der Waals surface area contributed by atoms with Crippen molar-refractivity contribution in [2.75, 3.05) is 44.2 Å². The molecule has 1 fully saturated rings. The second-order valence-electron chi connectivity index (χ2n) is 15.1. The van der Waals surface area contributed by atoms with Gasteiger partial charge in [0.25, 0.3) is 0 Å². The summed E-state index contributed by atoms with van der Waals surface area (Å²) >= 11 is 2.12. The minimum Gasteiger partial charge on any atom is -0.450 e. The third-order valence-corrected chi connectivity index (χ3v) is 13.2. The molecule has 2 amide bonds. The van der Waals surface area contributed by atoms with E-state index < -0.39 is 66.1 Å². The van der Waals surface area contributed by atoms with E-state index in [0.29, 0.717) is 17.6 Å². The molecule has 16 heteroatoms. The number of hydrogen-bond acceptors (Lipinski definition) is 8. The molecular weight excluding hydrogens is 853 g/mol. The van der Waals surface area contributed by atoms with E-state index in [1.165, 1.54) is 17.2 Å². The molecule has 1 aliphatic rings. The maximum absolute atomic E-state index is 15.7. The van der Waals surface area contributed by atoms with Crippen molar-refractivity contribution < 1.29 is 41.0 Å². The number of nitrogens with zero attached hydrogens (tertiary/aromatic N) is 3. The maximum atomic E-state index is 15.7. The highest BCUT2D eigenvalue weighted by Crippen LogP contribution is 2.37. The molecule has 1 N–H and O–H groups in total. The number of nitrogens with one attached hydrogen (secondary N) is 1. The number of amides is 2. The van der Waals surface area contributed by atoms with E-state index in [0.717, 1.165) is 21.5 Å². The summed E-state index contributed by atoms with van der Waals surface area (Å²) in [4.78, 5) is 32.9. The van der Waals surface area contributed by atoms with Crippen molar-refractivity contribution in [3.05, 3.63) is 81.7 Å². The lowest BCUT2D eigenvalue weighted by molar-refractivity contribution is -0.134. The van der Waals surface area contributed by atoms with Gasteiger partial charge in [0, 0.05) is 41.2 Å². The Hall–Kier alpha value is -3.48. The molecule has 2 aromatic heterocycles. The van der Waals surface area contributed by atoms with Gasteiger partial charge < -0.3 is 29.0 Å². The number of aromatic nitrogens is 2. The Morgan fingerprint density at radius 2 is 1.69 bits per heavy atom. The highest BCUT2D eigenvalue weighted by Gasteiger charge is 2.36. The van der Waals surface area contributed by atoms with Crippen LogP contribution in [0.2, 0.25) is 0 Å². The summed E-state index contributed by atoms with van der Waals surface area (Å²) < 4.78 is 77.6. The lowest BCUT2D eigenvalue weighted by Crippen LogP contribution is -2.53. The third kappa shape index (κ3) is 10.6. The predicted octanol–water partition coefficient (Wildman–Crippen LogP) is 7.28. The Morgan fingerprint density at radius 3 is 2.30 bits per heavy atom. The van der Waals surface area contributed by atoms with Crippen LogP contribution in [0.3, 0.4) is 0 Å². The van der Waals surface area contributed by atoms with Gasteiger partial charge in [-0.2, -0.15) is 0 Å². The van der Waals surface area contributed by atoms with Gasteiger partial charge in [0.15, 0.2) is 27.2 Å². The van der Waals surface area contributed by atoms with Crippen LogP contribution in [-0.4, -0.2) is 96.0 Å². The zero-order valence-electron chi connectivity index (χ0n) is 31.2. The summed E-state index contributed by atoms with van der Waals surface area (Å²) in [6, 6.07) is 10.5. The predicted molar refractivity (Wildman–Crippen MR) is 215 cm³/mol. The van der Waals surface area contributed by atoms with Crippen LogP contribution in [-0.2, 0) is 37.3 Å². The van der Waals surface area contributed by atoms with Gasteiger partial charge in [0.05, 0.1) is 22.1 Å². The first-order valence-corrected chi connectivity index (χ1v) is 23.1. The molecule has 0 radical (unpaired) electrons. The van der Waals surface area contributed by atoms with Crippen molar-refractivity contribution in [1.29, 1.82) is 0 Å². The molecule has 2 aromatic carbocycles. The van der Waals surface area contributed by atoms with Gasteiger partial charge in [-0.15, -0.1) is 0 Å². The van der Waals surface area contributed by atoms with Crippen LogP contribution >= 0.6 is 32.6 Å². The minimum atomic E-state index is -3.61. The Morgan fingerprint density at radius 1 is 1.04 bits per heavy atom. The van der Waals surface area contributed by atoms with Gasteiger partial charge in [-0.3, -0.25) is 4.79 Å². The number of carbonyl (C=O) groups excluding carboxylic acids is 2. The zero-order chi connectivity index (χ0) is 39.4. The highest BCUT2D eigenvalue weighted by molar-refractivity contribution is 14.1. The number of carbonyl (C=O) groups is 2. The number of halogens is 3. The topological polar surface area (TPSA) is 129 Å². The van der Waals surface area contributed by atoms with Crippen LogP contribution in [0, 0.1) is 15.2 Å². The van der Waals surface area contributed by atoms with Gasteiger partial charge in [0.2, 0.25) is 5.91 Å². The monoisotopic (exact) mass is 900 g/mol. The Labute approximate surface area is 330 Å². The summed E-state index contributed by atoms with van der Waals surface area (Å²) in [7, 11) is -4.33. The fourth-order valence-corrected chi connectivity index (χ4v) is 9.24. The van der Waals surface area contributed by atoms with E-state index in [9.17, 15) is 18.0 Å². The standard InChI is InChI=1S/C38H47F2IN4O7S2/c1-38(2,3)52-37(47)43-31(36(46)44-16-13-27(14-17-44)54(48,49)26-10-8-7-9-11-26)22-25-20-28(39)34(29(40)21-25)51-32-12-15-42-35-33(32)30(41)23-45(35)24-50-18-19-53(4,5)6/h7-12,15,20-21,23,27,31H,13-14,16-19,22,24H2,1-6H3,(H,43,47)/t31-/m0/s1. The fourth-order valence-electron chi connectivity index (χ4n) is 6.03. The molecule has 0 bridgehead atoms. The van der Waals surface area contributed by atoms with E-state index in [4.69, 9.17) is 14.2 Å². The molecule has 0 unspecified atom stereocenters. The van der Waals surface area contributed by atoms with Gasteiger partial charge in [0.1, 0.15) is 29.8 Å². The number of ether oxygens (including phenoxy) is 3.